The minimum Gasteiger partial charge on any atom is -0.466 e. The highest BCUT2D eigenvalue weighted by molar-refractivity contribution is 5.72. The minimum atomic E-state index is -0.188. The van der Waals surface area contributed by atoms with Crippen LogP contribution >= 0.6 is 0 Å². The van der Waals surface area contributed by atoms with E-state index in [1.807, 2.05) is 27.1 Å². The van der Waals surface area contributed by atoms with E-state index in [1.165, 1.54) is 0 Å². The van der Waals surface area contributed by atoms with Crippen molar-refractivity contribution in [2.75, 3.05) is 19.7 Å². The van der Waals surface area contributed by atoms with Crippen molar-refractivity contribution in [1.82, 2.24) is 4.90 Å². The van der Waals surface area contributed by atoms with Crippen LogP contribution in [0, 0.1) is 0 Å². The molecule has 0 N–H and O–H groups in total. The zero-order chi connectivity index (χ0) is 10.6. The number of nitrogens with zero attached hydrogens (tertiary/aromatic N) is 2. The number of carbonyl (C=O) groups is 1. The van der Waals surface area contributed by atoms with Crippen LogP contribution < -0.4 is 0 Å². The Morgan fingerprint density at radius 3 is 2.86 bits per heavy atom. The lowest BCUT2D eigenvalue weighted by Crippen LogP contribution is -2.43. The van der Waals surface area contributed by atoms with Gasteiger partial charge in [0.05, 0.1) is 25.9 Å². The van der Waals surface area contributed by atoms with Crippen LogP contribution in [-0.2, 0) is 9.53 Å². The summed E-state index contributed by atoms with van der Waals surface area (Å²) in [6, 6.07) is 0. The Bertz CT molecular complexity index is 236. The maximum Gasteiger partial charge on any atom is 0.308 e. The van der Waals surface area contributed by atoms with Crippen LogP contribution in [0.15, 0.2) is 4.99 Å². The van der Waals surface area contributed by atoms with Gasteiger partial charge in [0.15, 0.2) is 0 Å². The van der Waals surface area contributed by atoms with Crippen LogP contribution in [0.5, 0.6) is 0 Å². The highest BCUT2D eigenvalue weighted by Gasteiger charge is 2.29. The van der Waals surface area contributed by atoms with Crippen molar-refractivity contribution in [2.45, 2.75) is 32.7 Å². The average Bonchev–Trinajstić information content (AvgIpc) is 2.54. The van der Waals surface area contributed by atoms with Gasteiger partial charge in [0, 0.05) is 12.1 Å². The molecule has 80 valence electrons. The highest BCUT2D eigenvalue weighted by Crippen LogP contribution is 2.19. The molecule has 0 spiro atoms. The van der Waals surface area contributed by atoms with Crippen molar-refractivity contribution in [3.63, 3.8) is 0 Å². The predicted molar refractivity (Wildman–Crippen MR) is 55.4 cm³/mol. The van der Waals surface area contributed by atoms with Crippen LogP contribution in [0.4, 0.5) is 0 Å². The van der Waals surface area contributed by atoms with E-state index in [-0.39, 0.29) is 11.5 Å². The van der Waals surface area contributed by atoms with E-state index in [9.17, 15) is 4.79 Å². The molecule has 0 aromatic heterocycles. The molecule has 0 fully saturated rings. The number of hydrogen-bond donors (Lipinski definition) is 0. The molecule has 0 radical (unpaired) electrons. The number of carbonyl (C=O) groups excluding carboxylic acids is 1. The molecule has 0 aliphatic carbocycles. The third-order valence-corrected chi connectivity index (χ3v) is 2.35. The number of esters is 1. The van der Waals surface area contributed by atoms with Crippen LogP contribution in [-0.4, -0.2) is 42.4 Å². The Kier molecular flexibility index (Phi) is 3.49. The Morgan fingerprint density at radius 2 is 2.36 bits per heavy atom. The Hall–Kier alpha value is -1.06. The Balaban J connectivity index is 2.47. The molecule has 0 atom stereocenters. The van der Waals surface area contributed by atoms with E-state index in [1.54, 1.807) is 0 Å². The van der Waals surface area contributed by atoms with Gasteiger partial charge in [0.2, 0.25) is 0 Å². The molecule has 1 aliphatic rings. The Morgan fingerprint density at radius 1 is 1.64 bits per heavy atom. The van der Waals surface area contributed by atoms with Gasteiger partial charge >= 0.3 is 5.97 Å². The van der Waals surface area contributed by atoms with Crippen LogP contribution in [0.25, 0.3) is 0 Å². The molecule has 1 aliphatic heterocycles. The minimum absolute atomic E-state index is 0.141. The average molecular weight is 198 g/mol. The van der Waals surface area contributed by atoms with Gasteiger partial charge in [0.1, 0.15) is 0 Å². The number of aliphatic imine (C=N–C) groups is 1. The molecule has 0 amide bonds. The number of rotatable bonds is 4. The molecule has 0 aromatic rings. The van der Waals surface area contributed by atoms with Gasteiger partial charge in [-0.3, -0.25) is 9.79 Å². The third-order valence-electron chi connectivity index (χ3n) is 2.35. The smallest absolute Gasteiger partial charge is 0.308 e. The second kappa shape index (κ2) is 4.44. The molecule has 0 aromatic carbocycles. The van der Waals surface area contributed by atoms with Crippen LogP contribution in [0.2, 0.25) is 0 Å². The fourth-order valence-corrected chi connectivity index (χ4v) is 1.51. The SMILES string of the molecule is CCOC(=O)CC(C)(C)N1C=NCC1. The van der Waals surface area contributed by atoms with Gasteiger partial charge in [0.25, 0.3) is 0 Å². The first-order valence-electron chi connectivity index (χ1n) is 4.98. The van der Waals surface area contributed by atoms with Crippen LogP contribution in [0.1, 0.15) is 27.2 Å². The molecule has 14 heavy (non-hydrogen) atoms. The van der Waals surface area contributed by atoms with Gasteiger partial charge in [-0.15, -0.1) is 0 Å². The largest absolute Gasteiger partial charge is 0.466 e. The zero-order valence-corrected chi connectivity index (χ0v) is 9.12. The van der Waals surface area contributed by atoms with Gasteiger partial charge in [-0.25, -0.2) is 0 Å². The fourth-order valence-electron chi connectivity index (χ4n) is 1.51. The molecule has 0 saturated heterocycles. The third kappa shape index (κ3) is 2.72. The van der Waals surface area contributed by atoms with Gasteiger partial charge < -0.3 is 9.64 Å². The maximum absolute atomic E-state index is 11.3. The second-order valence-corrected chi connectivity index (χ2v) is 4.01. The predicted octanol–water partition coefficient (Wildman–Crippen LogP) is 1.06. The summed E-state index contributed by atoms with van der Waals surface area (Å²) >= 11 is 0. The van der Waals surface area contributed by atoms with Crippen molar-refractivity contribution >= 4 is 12.3 Å². The fraction of sp³-hybridized carbons (Fsp3) is 0.800. The molecular weight excluding hydrogens is 180 g/mol. The number of hydrogen-bond acceptors (Lipinski definition) is 4. The molecule has 4 nitrogen and oxygen atoms in total. The van der Waals surface area contributed by atoms with Gasteiger partial charge in [-0.05, 0) is 20.8 Å². The quantitative estimate of drug-likeness (QED) is 0.634. The first-order valence-corrected chi connectivity index (χ1v) is 4.98. The molecule has 4 heteroatoms. The first-order chi connectivity index (χ1) is 6.56. The van der Waals surface area contributed by atoms with Crippen molar-refractivity contribution in [3.8, 4) is 0 Å². The van der Waals surface area contributed by atoms with E-state index < -0.39 is 0 Å². The van der Waals surface area contributed by atoms with Crippen molar-refractivity contribution in [1.29, 1.82) is 0 Å². The van der Waals surface area contributed by atoms with E-state index in [2.05, 4.69) is 9.89 Å². The second-order valence-electron chi connectivity index (χ2n) is 4.01. The van der Waals surface area contributed by atoms with Gasteiger partial charge in [-0.2, -0.15) is 0 Å². The molecule has 0 bridgehead atoms. The van der Waals surface area contributed by atoms with Crippen LogP contribution in [0.3, 0.4) is 0 Å². The summed E-state index contributed by atoms with van der Waals surface area (Å²) in [4.78, 5) is 17.5. The molecule has 1 heterocycles. The standard InChI is InChI=1S/C10H18N2O2/c1-4-14-9(13)7-10(2,3)12-6-5-11-8-12/h8H,4-7H2,1-3H3. The van der Waals surface area contributed by atoms with E-state index in [0.717, 1.165) is 13.1 Å². The lowest BCUT2D eigenvalue weighted by atomic mass is 9.99. The lowest BCUT2D eigenvalue weighted by molar-refractivity contribution is -0.145. The maximum atomic E-state index is 11.3. The molecular formula is C10H18N2O2. The summed E-state index contributed by atoms with van der Waals surface area (Å²) in [6.07, 6.45) is 2.23. The summed E-state index contributed by atoms with van der Waals surface area (Å²) in [6.45, 7) is 8.05. The summed E-state index contributed by atoms with van der Waals surface area (Å²) in [5.74, 6) is -0.141. The zero-order valence-electron chi connectivity index (χ0n) is 9.12. The van der Waals surface area contributed by atoms with E-state index in [0.29, 0.717) is 13.0 Å². The van der Waals surface area contributed by atoms with Crippen molar-refractivity contribution in [2.24, 2.45) is 4.99 Å². The van der Waals surface area contributed by atoms with E-state index >= 15 is 0 Å². The van der Waals surface area contributed by atoms with Gasteiger partial charge in [-0.1, -0.05) is 0 Å². The Labute approximate surface area is 84.9 Å². The molecule has 0 unspecified atom stereocenters. The first kappa shape index (κ1) is 11.0. The highest BCUT2D eigenvalue weighted by atomic mass is 16.5. The molecule has 0 saturated carbocycles. The van der Waals surface area contributed by atoms with Crippen molar-refractivity contribution in [3.05, 3.63) is 0 Å². The summed E-state index contributed by atoms with van der Waals surface area (Å²) < 4.78 is 4.93. The summed E-state index contributed by atoms with van der Waals surface area (Å²) in [5, 5.41) is 0. The number of ether oxygens (including phenoxy) is 1. The molecule has 1 rings (SSSR count). The summed E-state index contributed by atoms with van der Waals surface area (Å²) in [7, 11) is 0. The summed E-state index contributed by atoms with van der Waals surface area (Å²) in [5.41, 5.74) is -0.188. The van der Waals surface area contributed by atoms with Crippen molar-refractivity contribution < 1.29 is 9.53 Å². The topological polar surface area (TPSA) is 41.9 Å². The lowest BCUT2D eigenvalue weighted by Gasteiger charge is -2.33. The normalized spacial score (nSPS) is 16.1. The monoisotopic (exact) mass is 198 g/mol. The van der Waals surface area contributed by atoms with E-state index in [4.69, 9.17) is 4.74 Å².